The van der Waals surface area contributed by atoms with Crippen LogP contribution in [-0.4, -0.2) is 11.8 Å². The zero-order chi connectivity index (χ0) is 15.1. The predicted molar refractivity (Wildman–Crippen MR) is 87.8 cm³/mol. The Bertz CT molecular complexity index is 540. The molecule has 0 saturated carbocycles. The zero-order valence-electron chi connectivity index (χ0n) is 12.2. The van der Waals surface area contributed by atoms with Gasteiger partial charge in [-0.05, 0) is 48.2 Å². The van der Waals surface area contributed by atoms with Crippen LogP contribution in [0.5, 0.6) is 0 Å². The third kappa shape index (κ3) is 5.16. The molecule has 0 fully saturated rings. The minimum Gasteiger partial charge on any atom is -0.271 e. The van der Waals surface area contributed by atoms with E-state index in [0.29, 0.717) is 0 Å². The zero-order valence-corrected chi connectivity index (χ0v) is 13.0. The molecule has 21 heavy (non-hydrogen) atoms. The molecule has 2 aromatic rings. The third-order valence-corrected chi connectivity index (χ3v) is 4.59. The number of hydrogen-bond acceptors (Lipinski definition) is 3. The maximum absolute atomic E-state index is 12.9. The smallest absolute Gasteiger partial charge is 0.123 e. The van der Waals surface area contributed by atoms with Gasteiger partial charge in [0.2, 0.25) is 0 Å². The molecule has 1 unspecified atom stereocenters. The Labute approximate surface area is 129 Å². The van der Waals surface area contributed by atoms with Crippen LogP contribution in [0, 0.1) is 5.82 Å². The van der Waals surface area contributed by atoms with Crippen molar-refractivity contribution >= 4 is 11.8 Å². The molecule has 4 heteroatoms. The van der Waals surface area contributed by atoms with E-state index < -0.39 is 0 Å². The summed E-state index contributed by atoms with van der Waals surface area (Å²) >= 11 is 1.68. The van der Waals surface area contributed by atoms with Crippen LogP contribution in [0.25, 0.3) is 0 Å². The summed E-state index contributed by atoms with van der Waals surface area (Å²) in [5, 5.41) is 0. The summed E-state index contributed by atoms with van der Waals surface area (Å²) in [6.07, 6.45) is 1.94. The van der Waals surface area contributed by atoms with Crippen molar-refractivity contribution in [2.24, 2.45) is 5.84 Å². The number of rotatable bonds is 7. The van der Waals surface area contributed by atoms with Gasteiger partial charge in [0.05, 0.1) is 0 Å². The molecule has 0 bridgehead atoms. The molecule has 0 aliphatic carbocycles. The summed E-state index contributed by atoms with van der Waals surface area (Å²) in [6.45, 7) is 2.15. The summed E-state index contributed by atoms with van der Waals surface area (Å²) < 4.78 is 12.9. The lowest BCUT2D eigenvalue weighted by atomic mass is 10.0. The minimum atomic E-state index is -0.205. The molecule has 2 aromatic carbocycles. The maximum atomic E-state index is 12.9. The highest BCUT2D eigenvalue weighted by molar-refractivity contribution is 7.99. The molecular formula is C17H21FN2S. The van der Waals surface area contributed by atoms with E-state index in [2.05, 4.69) is 36.6 Å². The molecule has 0 saturated heterocycles. The number of nitrogens with two attached hydrogens (primary N) is 1. The Balaban J connectivity index is 1.88. The fraction of sp³-hybridized carbons (Fsp3) is 0.294. The van der Waals surface area contributed by atoms with Crippen molar-refractivity contribution in [1.82, 2.24) is 5.43 Å². The van der Waals surface area contributed by atoms with Crippen molar-refractivity contribution in [3.8, 4) is 0 Å². The Morgan fingerprint density at radius 1 is 1.05 bits per heavy atom. The second kappa shape index (κ2) is 8.17. The second-order valence-electron chi connectivity index (χ2n) is 5.00. The van der Waals surface area contributed by atoms with Gasteiger partial charge in [-0.15, -0.1) is 11.8 Å². The van der Waals surface area contributed by atoms with Gasteiger partial charge in [-0.3, -0.25) is 11.3 Å². The highest BCUT2D eigenvalue weighted by atomic mass is 32.2. The van der Waals surface area contributed by atoms with Gasteiger partial charge in [0.1, 0.15) is 5.82 Å². The first-order valence-electron chi connectivity index (χ1n) is 7.13. The van der Waals surface area contributed by atoms with Crippen LogP contribution < -0.4 is 11.3 Å². The Morgan fingerprint density at radius 3 is 2.24 bits per heavy atom. The predicted octanol–water partition coefficient (Wildman–Crippen LogP) is 3.55. The lowest BCUT2D eigenvalue weighted by Gasteiger charge is -2.16. The molecule has 0 aromatic heterocycles. The molecule has 0 aliphatic heterocycles. The van der Waals surface area contributed by atoms with Crippen molar-refractivity contribution in [1.29, 1.82) is 0 Å². The lowest BCUT2D eigenvalue weighted by molar-refractivity contribution is 0.575. The summed E-state index contributed by atoms with van der Waals surface area (Å²) in [5.41, 5.74) is 5.48. The van der Waals surface area contributed by atoms with Crippen LogP contribution in [0.1, 0.15) is 18.1 Å². The first kappa shape index (κ1) is 16.0. The summed E-state index contributed by atoms with van der Waals surface area (Å²) in [6, 6.07) is 15.4. The standard InChI is InChI=1S/C17H21FN2S/c1-2-13-3-5-14(6-4-13)11-16(20-19)12-21-17-9-7-15(18)8-10-17/h3-10,16,20H,2,11-12,19H2,1H3. The van der Waals surface area contributed by atoms with E-state index in [1.54, 1.807) is 23.9 Å². The van der Waals surface area contributed by atoms with Crippen LogP contribution in [-0.2, 0) is 12.8 Å². The molecule has 2 nitrogen and oxygen atoms in total. The largest absolute Gasteiger partial charge is 0.271 e. The lowest BCUT2D eigenvalue weighted by Crippen LogP contribution is -2.38. The molecule has 0 heterocycles. The summed E-state index contributed by atoms with van der Waals surface area (Å²) in [7, 11) is 0. The fourth-order valence-corrected chi connectivity index (χ4v) is 3.03. The van der Waals surface area contributed by atoms with E-state index in [1.165, 1.54) is 23.3 Å². The van der Waals surface area contributed by atoms with Crippen LogP contribution in [0.15, 0.2) is 53.4 Å². The third-order valence-electron chi connectivity index (χ3n) is 3.41. The normalized spacial score (nSPS) is 12.3. The number of thioether (sulfide) groups is 1. The SMILES string of the molecule is CCc1ccc(CC(CSc2ccc(F)cc2)NN)cc1. The quantitative estimate of drug-likeness (QED) is 0.467. The molecule has 3 N–H and O–H groups in total. The van der Waals surface area contributed by atoms with Crippen LogP contribution in [0.2, 0.25) is 0 Å². The Morgan fingerprint density at radius 2 is 1.67 bits per heavy atom. The van der Waals surface area contributed by atoms with Gasteiger partial charge in [0.25, 0.3) is 0 Å². The number of hydrogen-bond donors (Lipinski definition) is 2. The average Bonchev–Trinajstić information content (AvgIpc) is 2.53. The Kier molecular flexibility index (Phi) is 6.23. The minimum absolute atomic E-state index is 0.188. The second-order valence-corrected chi connectivity index (χ2v) is 6.10. The van der Waals surface area contributed by atoms with Gasteiger partial charge in [-0.25, -0.2) is 4.39 Å². The summed E-state index contributed by atoms with van der Waals surface area (Å²) in [5.74, 6) is 6.28. The molecule has 0 radical (unpaired) electrons. The van der Waals surface area contributed by atoms with Crippen molar-refractivity contribution < 1.29 is 4.39 Å². The molecule has 0 spiro atoms. The van der Waals surface area contributed by atoms with Gasteiger partial charge in [-0.2, -0.15) is 0 Å². The van der Waals surface area contributed by atoms with Crippen molar-refractivity contribution in [2.75, 3.05) is 5.75 Å². The van der Waals surface area contributed by atoms with Gasteiger partial charge < -0.3 is 0 Å². The van der Waals surface area contributed by atoms with E-state index >= 15 is 0 Å². The van der Waals surface area contributed by atoms with Crippen LogP contribution >= 0.6 is 11.8 Å². The molecule has 1 atom stereocenters. The first-order valence-corrected chi connectivity index (χ1v) is 8.12. The van der Waals surface area contributed by atoms with Crippen LogP contribution in [0.4, 0.5) is 4.39 Å². The first-order chi connectivity index (χ1) is 10.2. The number of halogens is 1. The average molecular weight is 304 g/mol. The van der Waals surface area contributed by atoms with Gasteiger partial charge in [-0.1, -0.05) is 31.2 Å². The monoisotopic (exact) mass is 304 g/mol. The van der Waals surface area contributed by atoms with Crippen molar-refractivity contribution in [3.05, 3.63) is 65.5 Å². The van der Waals surface area contributed by atoms with Gasteiger partial charge >= 0.3 is 0 Å². The van der Waals surface area contributed by atoms with Crippen molar-refractivity contribution in [2.45, 2.75) is 30.7 Å². The molecule has 0 aliphatic rings. The van der Waals surface area contributed by atoms with Crippen LogP contribution in [0.3, 0.4) is 0 Å². The highest BCUT2D eigenvalue weighted by Gasteiger charge is 2.09. The molecule has 2 rings (SSSR count). The van der Waals surface area contributed by atoms with Crippen molar-refractivity contribution in [3.63, 3.8) is 0 Å². The maximum Gasteiger partial charge on any atom is 0.123 e. The highest BCUT2D eigenvalue weighted by Crippen LogP contribution is 2.20. The van der Waals surface area contributed by atoms with E-state index in [-0.39, 0.29) is 11.9 Å². The van der Waals surface area contributed by atoms with E-state index in [4.69, 9.17) is 5.84 Å². The van der Waals surface area contributed by atoms with E-state index in [1.807, 2.05) is 0 Å². The number of nitrogens with one attached hydrogen (secondary N) is 1. The number of benzene rings is 2. The molecular weight excluding hydrogens is 283 g/mol. The fourth-order valence-electron chi connectivity index (χ4n) is 2.09. The molecule has 112 valence electrons. The Hall–Kier alpha value is -1.36. The van der Waals surface area contributed by atoms with Gasteiger partial charge in [0.15, 0.2) is 0 Å². The number of aryl methyl sites for hydroxylation is 1. The molecule has 0 amide bonds. The topological polar surface area (TPSA) is 38.0 Å². The van der Waals surface area contributed by atoms with E-state index in [9.17, 15) is 4.39 Å². The number of hydrazine groups is 1. The van der Waals surface area contributed by atoms with Gasteiger partial charge in [0, 0.05) is 16.7 Å². The summed E-state index contributed by atoms with van der Waals surface area (Å²) in [4.78, 5) is 1.05. The van der Waals surface area contributed by atoms with E-state index in [0.717, 1.165) is 23.5 Å².